The second kappa shape index (κ2) is 8.01. The lowest BCUT2D eigenvalue weighted by Gasteiger charge is -2.08. The average molecular weight is 277 g/mol. The van der Waals surface area contributed by atoms with Crippen molar-refractivity contribution in [3.05, 3.63) is 35.4 Å². The van der Waals surface area contributed by atoms with Gasteiger partial charge in [0.25, 0.3) is 0 Å². The van der Waals surface area contributed by atoms with Gasteiger partial charge < -0.3 is 20.3 Å². The van der Waals surface area contributed by atoms with Crippen LogP contribution < -0.4 is 10.1 Å². The quantitative estimate of drug-likeness (QED) is 0.525. The molecule has 108 valence electrons. The van der Waals surface area contributed by atoms with Crippen LogP contribution >= 0.6 is 0 Å². The summed E-state index contributed by atoms with van der Waals surface area (Å²) in [5.74, 6) is -0.672. The number of nitrogens with one attached hydrogen (secondary N) is 1. The molecule has 20 heavy (non-hydrogen) atoms. The Morgan fingerprint density at radius 2 is 2.15 bits per heavy atom. The van der Waals surface area contributed by atoms with Gasteiger partial charge in [-0.2, -0.15) is 0 Å². The number of phenols is 1. The van der Waals surface area contributed by atoms with E-state index in [0.717, 1.165) is 19.0 Å². The molecule has 1 rings (SSSR count). The summed E-state index contributed by atoms with van der Waals surface area (Å²) in [4.78, 5) is 10.5. The molecular formula is C15H19NO4. The van der Waals surface area contributed by atoms with E-state index >= 15 is 0 Å². The van der Waals surface area contributed by atoms with Gasteiger partial charge in [0.1, 0.15) is 0 Å². The topological polar surface area (TPSA) is 78.8 Å². The van der Waals surface area contributed by atoms with Gasteiger partial charge in [0.05, 0.1) is 7.11 Å². The van der Waals surface area contributed by atoms with Gasteiger partial charge in [0.2, 0.25) is 0 Å². The SMILES string of the molecule is CNCCC=Cc1cc(C=CC(=O)O)cc(OC)c1O. The molecule has 5 nitrogen and oxygen atoms in total. The van der Waals surface area contributed by atoms with Crippen LogP contribution in [0.4, 0.5) is 0 Å². The van der Waals surface area contributed by atoms with Crippen molar-refractivity contribution in [1.82, 2.24) is 5.32 Å². The fourth-order valence-electron chi connectivity index (χ4n) is 1.64. The minimum absolute atomic E-state index is 0.0423. The molecular weight excluding hydrogens is 258 g/mol. The third-order valence-corrected chi connectivity index (χ3v) is 2.62. The van der Waals surface area contributed by atoms with Crippen molar-refractivity contribution in [1.29, 1.82) is 0 Å². The third kappa shape index (κ3) is 4.78. The van der Waals surface area contributed by atoms with E-state index in [2.05, 4.69) is 5.32 Å². The van der Waals surface area contributed by atoms with Gasteiger partial charge in [-0.25, -0.2) is 4.79 Å². The van der Waals surface area contributed by atoms with Crippen LogP contribution in [0.2, 0.25) is 0 Å². The maximum atomic E-state index is 10.5. The predicted molar refractivity (Wildman–Crippen MR) is 78.9 cm³/mol. The molecule has 1 aromatic carbocycles. The van der Waals surface area contributed by atoms with Crippen LogP contribution in [0, 0.1) is 0 Å². The Hall–Kier alpha value is -2.27. The lowest BCUT2D eigenvalue weighted by Crippen LogP contribution is -2.05. The standard InChI is InChI=1S/C15H19NO4/c1-16-8-4-3-5-12-9-11(6-7-14(17)18)10-13(20-2)15(12)19/h3,5-7,9-10,16,19H,4,8H2,1-2H3,(H,17,18). The molecule has 3 N–H and O–H groups in total. The first-order valence-corrected chi connectivity index (χ1v) is 6.21. The van der Waals surface area contributed by atoms with Crippen molar-refractivity contribution >= 4 is 18.1 Å². The summed E-state index contributed by atoms with van der Waals surface area (Å²) in [5, 5.41) is 21.7. The van der Waals surface area contributed by atoms with E-state index in [0.29, 0.717) is 16.9 Å². The number of methoxy groups -OCH3 is 1. The Kier molecular flexibility index (Phi) is 6.32. The summed E-state index contributed by atoms with van der Waals surface area (Å²) in [7, 11) is 3.32. The number of carbonyl (C=O) groups is 1. The molecule has 0 atom stereocenters. The van der Waals surface area contributed by atoms with Gasteiger partial charge in [-0.3, -0.25) is 0 Å². The second-order valence-electron chi connectivity index (χ2n) is 4.13. The Morgan fingerprint density at radius 1 is 1.40 bits per heavy atom. The van der Waals surface area contributed by atoms with Crippen molar-refractivity contribution in [2.24, 2.45) is 0 Å². The zero-order valence-corrected chi connectivity index (χ0v) is 11.6. The number of aliphatic carboxylic acids is 1. The summed E-state index contributed by atoms with van der Waals surface area (Å²) < 4.78 is 5.08. The largest absolute Gasteiger partial charge is 0.504 e. The summed E-state index contributed by atoms with van der Waals surface area (Å²) in [6, 6.07) is 3.28. The fraction of sp³-hybridized carbons (Fsp3) is 0.267. The number of rotatable bonds is 7. The minimum atomic E-state index is -1.02. The number of ether oxygens (including phenoxy) is 1. The van der Waals surface area contributed by atoms with E-state index in [-0.39, 0.29) is 5.75 Å². The van der Waals surface area contributed by atoms with E-state index in [4.69, 9.17) is 9.84 Å². The minimum Gasteiger partial charge on any atom is -0.504 e. The van der Waals surface area contributed by atoms with Crippen molar-refractivity contribution < 1.29 is 19.7 Å². The predicted octanol–water partition coefficient (Wildman–Crippen LogP) is 2.12. The molecule has 0 fully saturated rings. The lowest BCUT2D eigenvalue weighted by atomic mass is 10.1. The summed E-state index contributed by atoms with van der Waals surface area (Å²) >= 11 is 0. The highest BCUT2D eigenvalue weighted by Gasteiger charge is 2.07. The summed E-state index contributed by atoms with van der Waals surface area (Å²) in [5.41, 5.74) is 1.24. The van der Waals surface area contributed by atoms with Crippen molar-refractivity contribution in [2.45, 2.75) is 6.42 Å². The zero-order valence-electron chi connectivity index (χ0n) is 11.6. The van der Waals surface area contributed by atoms with Gasteiger partial charge in [0.15, 0.2) is 11.5 Å². The molecule has 0 bridgehead atoms. The second-order valence-corrected chi connectivity index (χ2v) is 4.13. The van der Waals surface area contributed by atoms with Crippen LogP contribution in [-0.4, -0.2) is 36.9 Å². The maximum absolute atomic E-state index is 10.5. The Labute approximate surface area is 118 Å². The van der Waals surface area contributed by atoms with Crippen molar-refractivity contribution in [3.63, 3.8) is 0 Å². The highest BCUT2D eigenvalue weighted by atomic mass is 16.5. The van der Waals surface area contributed by atoms with Crippen LogP contribution in [0.5, 0.6) is 11.5 Å². The van der Waals surface area contributed by atoms with E-state index in [1.165, 1.54) is 13.2 Å². The molecule has 0 saturated carbocycles. The molecule has 0 aromatic heterocycles. The van der Waals surface area contributed by atoms with Crippen LogP contribution in [0.15, 0.2) is 24.3 Å². The Bertz CT molecular complexity index is 521. The van der Waals surface area contributed by atoms with Crippen LogP contribution in [-0.2, 0) is 4.79 Å². The normalized spacial score (nSPS) is 11.3. The van der Waals surface area contributed by atoms with Gasteiger partial charge in [-0.1, -0.05) is 12.2 Å². The van der Waals surface area contributed by atoms with Crippen molar-refractivity contribution in [2.75, 3.05) is 20.7 Å². The molecule has 0 heterocycles. The first-order chi connectivity index (χ1) is 9.58. The number of carboxylic acids is 1. The Balaban J connectivity index is 3.05. The van der Waals surface area contributed by atoms with Gasteiger partial charge in [0, 0.05) is 11.6 Å². The van der Waals surface area contributed by atoms with E-state index in [9.17, 15) is 9.90 Å². The van der Waals surface area contributed by atoms with E-state index in [1.54, 1.807) is 18.2 Å². The smallest absolute Gasteiger partial charge is 0.328 e. The molecule has 0 unspecified atom stereocenters. The lowest BCUT2D eigenvalue weighted by molar-refractivity contribution is -0.131. The number of benzene rings is 1. The highest BCUT2D eigenvalue weighted by molar-refractivity contribution is 5.85. The van der Waals surface area contributed by atoms with Crippen LogP contribution in [0.1, 0.15) is 17.5 Å². The van der Waals surface area contributed by atoms with E-state index in [1.807, 2.05) is 13.1 Å². The molecule has 0 aliphatic heterocycles. The van der Waals surface area contributed by atoms with Gasteiger partial charge in [-0.05, 0) is 43.8 Å². The molecule has 1 aromatic rings. The van der Waals surface area contributed by atoms with Crippen molar-refractivity contribution in [3.8, 4) is 11.5 Å². The van der Waals surface area contributed by atoms with Gasteiger partial charge >= 0.3 is 5.97 Å². The molecule has 0 spiro atoms. The Morgan fingerprint density at radius 3 is 2.75 bits per heavy atom. The first kappa shape index (κ1) is 15.8. The number of aromatic hydroxyl groups is 1. The summed E-state index contributed by atoms with van der Waals surface area (Å²) in [6.07, 6.45) is 7.03. The molecule has 0 amide bonds. The maximum Gasteiger partial charge on any atom is 0.328 e. The van der Waals surface area contributed by atoms with Crippen LogP contribution in [0.25, 0.3) is 12.2 Å². The summed E-state index contributed by atoms with van der Waals surface area (Å²) in [6.45, 7) is 0.840. The molecule has 0 aliphatic carbocycles. The van der Waals surface area contributed by atoms with Crippen LogP contribution in [0.3, 0.4) is 0 Å². The first-order valence-electron chi connectivity index (χ1n) is 6.21. The highest BCUT2D eigenvalue weighted by Crippen LogP contribution is 2.32. The number of phenolic OH excluding ortho intramolecular Hbond substituents is 1. The molecule has 0 saturated heterocycles. The zero-order chi connectivity index (χ0) is 15.0. The third-order valence-electron chi connectivity index (χ3n) is 2.62. The number of hydrogen-bond donors (Lipinski definition) is 3. The molecule has 0 radical (unpaired) electrons. The van der Waals surface area contributed by atoms with E-state index < -0.39 is 5.97 Å². The van der Waals surface area contributed by atoms with Gasteiger partial charge in [-0.15, -0.1) is 0 Å². The average Bonchev–Trinajstić information content (AvgIpc) is 2.43. The monoisotopic (exact) mass is 277 g/mol. The fourth-order valence-corrected chi connectivity index (χ4v) is 1.64. The molecule has 5 heteroatoms. The molecule has 0 aliphatic rings. The number of hydrogen-bond acceptors (Lipinski definition) is 4. The number of carboxylic acid groups (broad SMARTS) is 1.